The van der Waals surface area contributed by atoms with E-state index in [1.54, 1.807) is 12.1 Å². The Morgan fingerprint density at radius 1 is 1.39 bits per heavy atom. The van der Waals surface area contributed by atoms with Crippen molar-refractivity contribution in [2.24, 2.45) is 5.92 Å². The average molecular weight is 288 g/mol. The minimum absolute atomic E-state index is 0.0713. The van der Waals surface area contributed by atoms with E-state index >= 15 is 0 Å². The van der Waals surface area contributed by atoms with E-state index in [1.165, 1.54) is 0 Å². The number of carbonyl (C=O) groups is 1. The Morgan fingerprint density at radius 3 is 2.72 bits per heavy atom. The molecule has 0 aliphatic heterocycles. The van der Waals surface area contributed by atoms with Crippen molar-refractivity contribution in [2.75, 3.05) is 0 Å². The van der Waals surface area contributed by atoms with Crippen molar-refractivity contribution >= 4 is 29.1 Å². The SMILES string of the molecule is CCCC(C)CC(=O)NCc1ccc(Cl)cc1Cl. The number of amides is 1. The lowest BCUT2D eigenvalue weighted by atomic mass is 10.0. The smallest absolute Gasteiger partial charge is 0.220 e. The van der Waals surface area contributed by atoms with E-state index in [0.717, 1.165) is 18.4 Å². The summed E-state index contributed by atoms with van der Waals surface area (Å²) in [6, 6.07) is 5.29. The first kappa shape index (κ1) is 15.3. The van der Waals surface area contributed by atoms with Crippen LogP contribution in [0.15, 0.2) is 18.2 Å². The fourth-order valence-electron chi connectivity index (χ4n) is 1.84. The van der Waals surface area contributed by atoms with Crippen LogP contribution in [0.1, 0.15) is 38.7 Å². The first-order valence-electron chi connectivity index (χ1n) is 6.23. The van der Waals surface area contributed by atoms with Gasteiger partial charge in [-0.3, -0.25) is 4.79 Å². The third-order valence-corrected chi connectivity index (χ3v) is 3.39. The van der Waals surface area contributed by atoms with Gasteiger partial charge in [-0.25, -0.2) is 0 Å². The first-order valence-corrected chi connectivity index (χ1v) is 6.99. The highest BCUT2D eigenvalue weighted by atomic mass is 35.5. The van der Waals surface area contributed by atoms with Crippen molar-refractivity contribution in [3.05, 3.63) is 33.8 Å². The Labute approximate surface area is 119 Å². The van der Waals surface area contributed by atoms with Crippen LogP contribution in [0.25, 0.3) is 0 Å². The molecule has 1 atom stereocenters. The second kappa shape index (κ2) is 7.65. The van der Waals surface area contributed by atoms with Crippen LogP contribution in [0, 0.1) is 5.92 Å². The first-order chi connectivity index (χ1) is 8.52. The molecule has 0 bridgehead atoms. The van der Waals surface area contributed by atoms with E-state index in [4.69, 9.17) is 23.2 Å². The topological polar surface area (TPSA) is 29.1 Å². The van der Waals surface area contributed by atoms with E-state index in [0.29, 0.717) is 28.9 Å². The lowest BCUT2D eigenvalue weighted by molar-refractivity contribution is -0.122. The number of rotatable bonds is 6. The Balaban J connectivity index is 2.42. The van der Waals surface area contributed by atoms with Gasteiger partial charge < -0.3 is 5.32 Å². The highest BCUT2D eigenvalue weighted by molar-refractivity contribution is 6.35. The molecule has 0 fully saturated rings. The lowest BCUT2D eigenvalue weighted by Gasteiger charge is -2.11. The molecule has 0 aliphatic carbocycles. The zero-order valence-corrected chi connectivity index (χ0v) is 12.3. The molecule has 0 aromatic heterocycles. The van der Waals surface area contributed by atoms with Crippen LogP contribution in [-0.2, 0) is 11.3 Å². The van der Waals surface area contributed by atoms with Gasteiger partial charge in [-0.15, -0.1) is 0 Å². The van der Waals surface area contributed by atoms with Gasteiger partial charge in [0.05, 0.1) is 0 Å². The molecular formula is C14H19Cl2NO. The van der Waals surface area contributed by atoms with Gasteiger partial charge in [0.2, 0.25) is 5.91 Å². The van der Waals surface area contributed by atoms with Crippen LogP contribution in [0.2, 0.25) is 10.0 Å². The highest BCUT2D eigenvalue weighted by Crippen LogP contribution is 2.20. The van der Waals surface area contributed by atoms with Crippen LogP contribution >= 0.6 is 23.2 Å². The Morgan fingerprint density at radius 2 is 2.11 bits per heavy atom. The third kappa shape index (κ3) is 5.28. The van der Waals surface area contributed by atoms with Gasteiger partial charge in [-0.05, 0) is 23.6 Å². The van der Waals surface area contributed by atoms with Crippen LogP contribution in [0.3, 0.4) is 0 Å². The minimum Gasteiger partial charge on any atom is -0.352 e. The minimum atomic E-state index is 0.0713. The standard InChI is InChI=1S/C14H19Cl2NO/c1-3-4-10(2)7-14(18)17-9-11-5-6-12(15)8-13(11)16/h5-6,8,10H,3-4,7,9H2,1-2H3,(H,17,18). The second-order valence-electron chi connectivity index (χ2n) is 4.61. The van der Waals surface area contributed by atoms with E-state index in [-0.39, 0.29) is 5.91 Å². The van der Waals surface area contributed by atoms with Crippen LogP contribution < -0.4 is 5.32 Å². The summed E-state index contributed by atoms with van der Waals surface area (Å²) >= 11 is 11.8. The number of benzene rings is 1. The molecule has 1 rings (SSSR count). The van der Waals surface area contributed by atoms with Gasteiger partial charge in [0.1, 0.15) is 0 Å². The van der Waals surface area contributed by atoms with E-state index < -0.39 is 0 Å². The summed E-state index contributed by atoms with van der Waals surface area (Å²) in [6.07, 6.45) is 2.76. The molecule has 1 amide bonds. The number of hydrogen-bond acceptors (Lipinski definition) is 1. The number of carbonyl (C=O) groups excluding carboxylic acids is 1. The molecule has 18 heavy (non-hydrogen) atoms. The Hall–Kier alpha value is -0.730. The van der Waals surface area contributed by atoms with Crippen LogP contribution in [0.4, 0.5) is 0 Å². The molecule has 0 spiro atoms. The molecule has 100 valence electrons. The fourth-order valence-corrected chi connectivity index (χ4v) is 2.32. The summed E-state index contributed by atoms with van der Waals surface area (Å²) in [5.74, 6) is 0.498. The molecule has 0 radical (unpaired) electrons. The van der Waals surface area contributed by atoms with Crippen molar-refractivity contribution in [2.45, 2.75) is 39.7 Å². The van der Waals surface area contributed by atoms with Crippen LogP contribution in [0.5, 0.6) is 0 Å². The second-order valence-corrected chi connectivity index (χ2v) is 5.45. The predicted molar refractivity (Wildman–Crippen MR) is 77.0 cm³/mol. The maximum Gasteiger partial charge on any atom is 0.220 e. The van der Waals surface area contributed by atoms with Gasteiger partial charge in [0.25, 0.3) is 0 Å². The van der Waals surface area contributed by atoms with Gasteiger partial charge in [0, 0.05) is 23.0 Å². The average Bonchev–Trinajstić information content (AvgIpc) is 2.28. The summed E-state index contributed by atoms with van der Waals surface area (Å²) in [5, 5.41) is 4.07. The maximum absolute atomic E-state index is 11.7. The highest BCUT2D eigenvalue weighted by Gasteiger charge is 2.09. The van der Waals surface area contributed by atoms with Gasteiger partial charge in [-0.2, -0.15) is 0 Å². The fraction of sp³-hybridized carbons (Fsp3) is 0.500. The van der Waals surface area contributed by atoms with Crippen LogP contribution in [-0.4, -0.2) is 5.91 Å². The number of nitrogens with one attached hydrogen (secondary N) is 1. The van der Waals surface area contributed by atoms with E-state index in [9.17, 15) is 4.79 Å². The molecule has 1 aromatic carbocycles. The van der Waals surface area contributed by atoms with Crippen molar-refractivity contribution in [3.8, 4) is 0 Å². The lowest BCUT2D eigenvalue weighted by Crippen LogP contribution is -2.24. The molecule has 0 saturated heterocycles. The number of hydrogen-bond donors (Lipinski definition) is 1. The largest absolute Gasteiger partial charge is 0.352 e. The molecule has 0 heterocycles. The zero-order chi connectivity index (χ0) is 13.5. The molecule has 4 heteroatoms. The van der Waals surface area contributed by atoms with Gasteiger partial charge >= 0.3 is 0 Å². The molecular weight excluding hydrogens is 269 g/mol. The third-order valence-electron chi connectivity index (χ3n) is 2.81. The Bertz CT molecular complexity index is 407. The molecule has 1 aromatic rings. The van der Waals surface area contributed by atoms with E-state index in [2.05, 4.69) is 19.2 Å². The molecule has 1 N–H and O–H groups in total. The summed E-state index contributed by atoms with van der Waals surface area (Å²) in [6.45, 7) is 4.67. The molecule has 1 unspecified atom stereocenters. The van der Waals surface area contributed by atoms with Gasteiger partial charge in [0.15, 0.2) is 0 Å². The predicted octanol–water partition coefficient (Wildman–Crippen LogP) is 4.44. The summed E-state index contributed by atoms with van der Waals surface area (Å²) < 4.78 is 0. The summed E-state index contributed by atoms with van der Waals surface area (Å²) in [5.41, 5.74) is 0.887. The van der Waals surface area contributed by atoms with Crippen molar-refractivity contribution in [1.29, 1.82) is 0 Å². The van der Waals surface area contributed by atoms with Gasteiger partial charge in [-0.1, -0.05) is 56.0 Å². The summed E-state index contributed by atoms with van der Waals surface area (Å²) in [4.78, 5) is 11.7. The normalized spacial score (nSPS) is 12.2. The monoisotopic (exact) mass is 287 g/mol. The zero-order valence-electron chi connectivity index (χ0n) is 10.8. The number of halogens is 2. The molecule has 0 aliphatic rings. The maximum atomic E-state index is 11.7. The molecule has 0 saturated carbocycles. The van der Waals surface area contributed by atoms with Crippen molar-refractivity contribution < 1.29 is 4.79 Å². The quantitative estimate of drug-likeness (QED) is 0.824. The van der Waals surface area contributed by atoms with E-state index in [1.807, 2.05) is 6.07 Å². The summed E-state index contributed by atoms with van der Waals surface area (Å²) in [7, 11) is 0. The van der Waals surface area contributed by atoms with Crippen molar-refractivity contribution in [1.82, 2.24) is 5.32 Å². The Kier molecular flexibility index (Phi) is 6.51. The van der Waals surface area contributed by atoms with Crippen molar-refractivity contribution in [3.63, 3.8) is 0 Å². The molecule has 2 nitrogen and oxygen atoms in total.